The van der Waals surface area contributed by atoms with Gasteiger partial charge >= 0.3 is 5.97 Å². The molecule has 0 atom stereocenters. The predicted molar refractivity (Wildman–Crippen MR) is 59.2 cm³/mol. The number of nitrogens with zero attached hydrogens (tertiary/aromatic N) is 1. The monoisotopic (exact) mass is 221 g/mol. The van der Waals surface area contributed by atoms with Crippen LogP contribution in [-0.2, 0) is 4.79 Å². The number of aliphatic carboxylic acids is 1. The molecule has 1 aromatic rings. The lowest BCUT2D eigenvalue weighted by atomic mass is 10.0. The first-order chi connectivity index (χ1) is 7.43. The van der Waals surface area contributed by atoms with E-state index in [1.54, 1.807) is 13.0 Å². The maximum Gasteiger partial charge on any atom is 0.328 e. The molecule has 0 amide bonds. The highest BCUT2D eigenvalue weighted by atomic mass is 16.6. The highest BCUT2D eigenvalue weighted by Crippen LogP contribution is 2.25. The Bertz CT molecular complexity index is 477. The third-order valence-electron chi connectivity index (χ3n) is 2.35. The zero-order valence-electron chi connectivity index (χ0n) is 8.93. The summed E-state index contributed by atoms with van der Waals surface area (Å²) in [5.74, 6) is -1.13. The van der Waals surface area contributed by atoms with Crippen LogP contribution in [0.15, 0.2) is 18.2 Å². The smallest absolute Gasteiger partial charge is 0.328 e. The van der Waals surface area contributed by atoms with E-state index in [0.29, 0.717) is 11.1 Å². The topological polar surface area (TPSA) is 80.4 Å². The summed E-state index contributed by atoms with van der Waals surface area (Å²) >= 11 is 0. The molecule has 5 nitrogen and oxygen atoms in total. The number of hydrogen-bond donors (Lipinski definition) is 1. The second-order valence-electron chi connectivity index (χ2n) is 3.37. The minimum absolute atomic E-state index is 0.0828. The number of aryl methyl sites for hydroxylation is 1. The van der Waals surface area contributed by atoms with Gasteiger partial charge in [0.25, 0.3) is 5.69 Å². The first-order valence-corrected chi connectivity index (χ1v) is 4.59. The molecule has 16 heavy (non-hydrogen) atoms. The van der Waals surface area contributed by atoms with E-state index in [2.05, 4.69) is 0 Å². The molecule has 0 aliphatic rings. The third-order valence-corrected chi connectivity index (χ3v) is 2.35. The molecule has 5 heteroatoms. The number of benzene rings is 1. The Balaban J connectivity index is 3.37. The van der Waals surface area contributed by atoms with Crippen LogP contribution in [-0.4, -0.2) is 16.0 Å². The number of nitro groups is 1. The Kier molecular flexibility index (Phi) is 3.40. The summed E-state index contributed by atoms with van der Waals surface area (Å²) in [6, 6.07) is 3.02. The molecule has 1 rings (SSSR count). The molecule has 1 N–H and O–H groups in total. The summed E-state index contributed by atoms with van der Waals surface area (Å²) in [6.07, 6.45) is 2.15. The summed E-state index contributed by atoms with van der Waals surface area (Å²) in [6.45, 7) is 3.54. The average Bonchev–Trinajstić information content (AvgIpc) is 2.19. The van der Waals surface area contributed by atoms with Crippen LogP contribution in [0.3, 0.4) is 0 Å². The second kappa shape index (κ2) is 4.57. The van der Waals surface area contributed by atoms with Crippen molar-refractivity contribution < 1.29 is 14.8 Å². The number of hydrogen-bond acceptors (Lipinski definition) is 3. The van der Waals surface area contributed by atoms with Crippen LogP contribution < -0.4 is 0 Å². The molecule has 0 unspecified atom stereocenters. The fraction of sp³-hybridized carbons (Fsp3) is 0.182. The van der Waals surface area contributed by atoms with Gasteiger partial charge in [-0.1, -0.05) is 6.07 Å². The molecule has 0 aliphatic carbocycles. The fourth-order valence-corrected chi connectivity index (χ4v) is 1.35. The fourth-order valence-electron chi connectivity index (χ4n) is 1.35. The van der Waals surface area contributed by atoms with Gasteiger partial charge in [-0.15, -0.1) is 0 Å². The van der Waals surface area contributed by atoms with Crippen LogP contribution in [0, 0.1) is 24.0 Å². The van der Waals surface area contributed by atoms with Gasteiger partial charge in [0.2, 0.25) is 0 Å². The summed E-state index contributed by atoms with van der Waals surface area (Å²) in [7, 11) is 0. The Hall–Kier alpha value is -2.17. The van der Waals surface area contributed by atoms with Crippen LogP contribution in [0.25, 0.3) is 6.08 Å². The molecule has 0 aliphatic heterocycles. The van der Waals surface area contributed by atoms with Gasteiger partial charge in [-0.3, -0.25) is 10.1 Å². The van der Waals surface area contributed by atoms with Crippen LogP contribution in [0.1, 0.15) is 16.7 Å². The minimum atomic E-state index is -1.13. The molecule has 0 spiro atoms. The predicted octanol–water partition coefficient (Wildman–Crippen LogP) is 2.31. The van der Waals surface area contributed by atoms with Crippen LogP contribution in [0.4, 0.5) is 5.69 Å². The van der Waals surface area contributed by atoms with E-state index in [9.17, 15) is 14.9 Å². The Morgan fingerprint density at radius 2 is 2.06 bits per heavy atom. The largest absolute Gasteiger partial charge is 0.478 e. The second-order valence-corrected chi connectivity index (χ2v) is 3.37. The Morgan fingerprint density at radius 1 is 1.44 bits per heavy atom. The van der Waals surface area contributed by atoms with Crippen molar-refractivity contribution in [2.75, 3.05) is 0 Å². The molecule has 0 heterocycles. The van der Waals surface area contributed by atoms with Gasteiger partial charge in [0.05, 0.1) is 10.5 Å². The number of rotatable bonds is 3. The SMILES string of the molecule is Cc1ccc([N+](=O)[O-])c(/C=C/C(=O)O)c1C. The van der Waals surface area contributed by atoms with Crippen molar-refractivity contribution in [2.45, 2.75) is 13.8 Å². The van der Waals surface area contributed by atoms with E-state index in [0.717, 1.165) is 11.6 Å². The zero-order valence-corrected chi connectivity index (χ0v) is 8.93. The highest BCUT2D eigenvalue weighted by molar-refractivity contribution is 5.86. The van der Waals surface area contributed by atoms with Crippen molar-refractivity contribution in [2.24, 2.45) is 0 Å². The van der Waals surface area contributed by atoms with E-state index >= 15 is 0 Å². The van der Waals surface area contributed by atoms with Gasteiger partial charge in [0.15, 0.2) is 0 Å². The molecule has 1 aromatic carbocycles. The van der Waals surface area contributed by atoms with Crippen molar-refractivity contribution in [1.82, 2.24) is 0 Å². The summed E-state index contributed by atoms with van der Waals surface area (Å²) in [5, 5.41) is 19.3. The van der Waals surface area contributed by atoms with E-state index in [-0.39, 0.29) is 5.69 Å². The van der Waals surface area contributed by atoms with Gasteiger partial charge in [-0.05, 0) is 31.1 Å². The summed E-state index contributed by atoms with van der Waals surface area (Å²) < 4.78 is 0. The molecule has 84 valence electrons. The number of carboxylic acid groups (broad SMARTS) is 1. The van der Waals surface area contributed by atoms with Crippen LogP contribution in [0.2, 0.25) is 0 Å². The van der Waals surface area contributed by atoms with Crippen molar-refractivity contribution in [3.05, 3.63) is 45.0 Å². The van der Waals surface area contributed by atoms with Crippen molar-refractivity contribution >= 4 is 17.7 Å². The average molecular weight is 221 g/mol. The van der Waals surface area contributed by atoms with E-state index in [1.165, 1.54) is 12.1 Å². The normalized spacial score (nSPS) is 10.6. The van der Waals surface area contributed by atoms with Gasteiger partial charge in [0, 0.05) is 12.1 Å². The van der Waals surface area contributed by atoms with Gasteiger partial charge in [0.1, 0.15) is 0 Å². The van der Waals surface area contributed by atoms with E-state index in [4.69, 9.17) is 5.11 Å². The van der Waals surface area contributed by atoms with Gasteiger partial charge < -0.3 is 5.11 Å². The molecule has 0 bridgehead atoms. The minimum Gasteiger partial charge on any atom is -0.478 e. The Morgan fingerprint density at radius 3 is 2.56 bits per heavy atom. The quantitative estimate of drug-likeness (QED) is 0.482. The lowest BCUT2D eigenvalue weighted by Crippen LogP contribution is -1.96. The van der Waals surface area contributed by atoms with Crippen molar-refractivity contribution in [3.63, 3.8) is 0 Å². The van der Waals surface area contributed by atoms with Crippen LogP contribution >= 0.6 is 0 Å². The molecule has 0 aromatic heterocycles. The standard InChI is InChI=1S/C11H11NO4/c1-7-3-5-10(12(15)16)9(8(7)2)4-6-11(13)14/h3-6H,1-2H3,(H,13,14)/b6-4+. The molecule has 0 saturated carbocycles. The van der Waals surface area contributed by atoms with E-state index < -0.39 is 10.9 Å². The molecular weight excluding hydrogens is 210 g/mol. The molecule has 0 saturated heterocycles. The summed E-state index contributed by atoms with van der Waals surface area (Å²) in [4.78, 5) is 20.6. The number of carboxylic acids is 1. The lowest BCUT2D eigenvalue weighted by Gasteiger charge is -2.05. The van der Waals surface area contributed by atoms with Crippen molar-refractivity contribution in [1.29, 1.82) is 0 Å². The van der Waals surface area contributed by atoms with Crippen LogP contribution in [0.5, 0.6) is 0 Å². The summed E-state index contributed by atoms with van der Waals surface area (Å²) in [5.41, 5.74) is 1.86. The Labute approximate surface area is 92.2 Å². The zero-order chi connectivity index (χ0) is 12.3. The van der Waals surface area contributed by atoms with Crippen molar-refractivity contribution in [3.8, 4) is 0 Å². The molecule has 0 fully saturated rings. The van der Waals surface area contributed by atoms with E-state index in [1.807, 2.05) is 6.92 Å². The lowest BCUT2D eigenvalue weighted by molar-refractivity contribution is -0.385. The number of nitro benzene ring substituents is 1. The molecule has 0 radical (unpaired) electrons. The first-order valence-electron chi connectivity index (χ1n) is 4.59. The maximum absolute atomic E-state index is 10.8. The first kappa shape index (κ1) is 11.9. The number of carbonyl (C=O) groups is 1. The van der Waals surface area contributed by atoms with Gasteiger partial charge in [-0.25, -0.2) is 4.79 Å². The highest BCUT2D eigenvalue weighted by Gasteiger charge is 2.14. The molecular formula is C11H11NO4. The maximum atomic E-state index is 10.8. The van der Waals surface area contributed by atoms with Gasteiger partial charge in [-0.2, -0.15) is 0 Å². The third kappa shape index (κ3) is 2.44.